The maximum atomic E-state index is 12.2. The lowest BCUT2D eigenvalue weighted by atomic mass is 9.93. The zero-order valence-electron chi connectivity index (χ0n) is 13.8. The Morgan fingerprint density at radius 2 is 2.26 bits per heavy atom. The fraction of sp³-hybridized carbons (Fsp3) is 0.526. The highest BCUT2D eigenvalue weighted by molar-refractivity contribution is 5.79. The number of ether oxygens (including phenoxy) is 1. The third kappa shape index (κ3) is 4.06. The molecule has 0 aromatic heterocycles. The van der Waals surface area contributed by atoms with Gasteiger partial charge in [-0.25, -0.2) is 0 Å². The van der Waals surface area contributed by atoms with E-state index < -0.39 is 0 Å². The van der Waals surface area contributed by atoms with E-state index in [-0.39, 0.29) is 11.8 Å². The molecule has 0 bridgehead atoms. The van der Waals surface area contributed by atoms with E-state index in [2.05, 4.69) is 34.5 Å². The minimum absolute atomic E-state index is 0.177. The molecule has 4 nitrogen and oxygen atoms in total. The summed E-state index contributed by atoms with van der Waals surface area (Å²) in [6.45, 7) is 2.83. The van der Waals surface area contributed by atoms with E-state index in [1.807, 2.05) is 12.1 Å². The van der Waals surface area contributed by atoms with Gasteiger partial charge in [0.15, 0.2) is 0 Å². The molecule has 4 heteroatoms. The summed E-state index contributed by atoms with van der Waals surface area (Å²) in [4.78, 5) is 14.6. The van der Waals surface area contributed by atoms with Gasteiger partial charge in [0.2, 0.25) is 5.91 Å². The van der Waals surface area contributed by atoms with Crippen LogP contribution in [0.1, 0.15) is 25.7 Å². The van der Waals surface area contributed by atoms with Crippen LogP contribution >= 0.6 is 0 Å². The lowest BCUT2D eigenvalue weighted by Crippen LogP contribution is -2.35. The average molecular weight is 314 g/mol. The van der Waals surface area contributed by atoms with Gasteiger partial charge in [0.1, 0.15) is 5.75 Å². The highest BCUT2D eigenvalue weighted by atomic mass is 16.5. The van der Waals surface area contributed by atoms with Crippen LogP contribution in [0.15, 0.2) is 36.4 Å². The number of amides is 1. The van der Waals surface area contributed by atoms with E-state index in [9.17, 15) is 4.79 Å². The number of allylic oxidation sites excluding steroid dienone is 2. The van der Waals surface area contributed by atoms with Gasteiger partial charge >= 0.3 is 0 Å². The van der Waals surface area contributed by atoms with Crippen molar-refractivity contribution in [3.8, 4) is 5.75 Å². The molecular formula is C19H26N2O2. The lowest BCUT2D eigenvalue weighted by molar-refractivity contribution is -0.125. The molecule has 1 aliphatic heterocycles. The molecule has 0 saturated carbocycles. The van der Waals surface area contributed by atoms with Crippen molar-refractivity contribution in [2.24, 2.45) is 11.8 Å². The van der Waals surface area contributed by atoms with Gasteiger partial charge in [-0.2, -0.15) is 0 Å². The first kappa shape index (κ1) is 15.9. The summed E-state index contributed by atoms with van der Waals surface area (Å²) in [6.07, 6.45) is 8.35. The van der Waals surface area contributed by atoms with Gasteiger partial charge in [0, 0.05) is 37.3 Å². The largest absolute Gasteiger partial charge is 0.497 e. The maximum absolute atomic E-state index is 12.2. The van der Waals surface area contributed by atoms with Crippen molar-refractivity contribution in [2.75, 3.05) is 31.6 Å². The average Bonchev–Trinajstić information content (AvgIpc) is 3.09. The number of nitrogens with zero attached hydrogens (tertiary/aromatic N) is 1. The molecule has 2 aliphatic rings. The highest BCUT2D eigenvalue weighted by Crippen LogP contribution is 2.26. The van der Waals surface area contributed by atoms with E-state index in [1.165, 1.54) is 5.69 Å². The SMILES string of the molecule is COc1cccc(N2CC[C@@H](CNC(=O)[C@H]3CC=CCC3)C2)c1. The number of rotatable bonds is 5. The van der Waals surface area contributed by atoms with Crippen LogP contribution in [0.3, 0.4) is 0 Å². The first-order chi connectivity index (χ1) is 11.3. The molecule has 1 aromatic carbocycles. The van der Waals surface area contributed by atoms with Crippen LogP contribution in [0.2, 0.25) is 0 Å². The minimum atomic E-state index is 0.177. The van der Waals surface area contributed by atoms with E-state index in [0.717, 1.165) is 51.1 Å². The Morgan fingerprint density at radius 1 is 1.35 bits per heavy atom. The molecular weight excluding hydrogens is 288 g/mol. The molecule has 1 amide bonds. The molecule has 2 atom stereocenters. The van der Waals surface area contributed by atoms with Gasteiger partial charge in [-0.15, -0.1) is 0 Å². The topological polar surface area (TPSA) is 41.6 Å². The molecule has 0 spiro atoms. The Bertz CT molecular complexity index is 570. The third-order valence-electron chi connectivity index (χ3n) is 4.91. The van der Waals surface area contributed by atoms with Crippen LogP contribution in [0.25, 0.3) is 0 Å². The molecule has 3 rings (SSSR count). The fourth-order valence-corrected chi connectivity index (χ4v) is 3.46. The monoisotopic (exact) mass is 314 g/mol. The van der Waals surface area contributed by atoms with Crippen LogP contribution in [-0.2, 0) is 4.79 Å². The number of carbonyl (C=O) groups excluding carboxylic acids is 1. The first-order valence-corrected chi connectivity index (χ1v) is 8.58. The standard InChI is InChI=1S/C19H26N2O2/c1-23-18-9-5-8-17(12-18)21-11-10-15(14-21)13-20-19(22)16-6-3-2-4-7-16/h2-3,5,8-9,12,15-16H,4,6-7,10-11,13-14H2,1H3,(H,20,22)/t15-,16-/m0/s1. The second kappa shape index (κ2) is 7.53. The van der Waals surface area contributed by atoms with Crippen LogP contribution in [0, 0.1) is 11.8 Å². The zero-order chi connectivity index (χ0) is 16.1. The summed E-state index contributed by atoms with van der Waals surface area (Å²) in [7, 11) is 1.70. The number of anilines is 1. The van der Waals surface area contributed by atoms with Crippen LogP contribution < -0.4 is 15.0 Å². The molecule has 1 heterocycles. The Kier molecular flexibility index (Phi) is 5.21. The van der Waals surface area contributed by atoms with Gasteiger partial charge in [-0.05, 0) is 43.7 Å². The number of carbonyl (C=O) groups is 1. The lowest BCUT2D eigenvalue weighted by Gasteiger charge is -2.21. The van der Waals surface area contributed by atoms with Crippen LogP contribution in [-0.4, -0.2) is 32.7 Å². The van der Waals surface area contributed by atoms with Gasteiger partial charge in [0.25, 0.3) is 0 Å². The summed E-state index contributed by atoms with van der Waals surface area (Å²) < 4.78 is 5.30. The highest BCUT2D eigenvalue weighted by Gasteiger charge is 2.25. The van der Waals surface area contributed by atoms with E-state index in [4.69, 9.17) is 4.74 Å². The second-order valence-corrected chi connectivity index (χ2v) is 6.53. The minimum Gasteiger partial charge on any atom is -0.497 e. The van der Waals surface area contributed by atoms with Crippen molar-refractivity contribution < 1.29 is 9.53 Å². The van der Waals surface area contributed by atoms with Crippen molar-refractivity contribution in [1.29, 1.82) is 0 Å². The van der Waals surface area contributed by atoms with Gasteiger partial charge in [-0.1, -0.05) is 18.2 Å². The van der Waals surface area contributed by atoms with Crippen molar-refractivity contribution in [2.45, 2.75) is 25.7 Å². The zero-order valence-corrected chi connectivity index (χ0v) is 13.8. The predicted octanol–water partition coefficient (Wildman–Crippen LogP) is 2.99. The Labute approximate surface area is 138 Å². The Hall–Kier alpha value is -1.97. The quantitative estimate of drug-likeness (QED) is 0.850. The number of hydrogen-bond acceptors (Lipinski definition) is 3. The van der Waals surface area contributed by atoms with Crippen molar-refractivity contribution in [3.05, 3.63) is 36.4 Å². The van der Waals surface area contributed by atoms with Crippen molar-refractivity contribution in [1.82, 2.24) is 5.32 Å². The molecule has 1 aromatic rings. The molecule has 0 radical (unpaired) electrons. The third-order valence-corrected chi connectivity index (χ3v) is 4.91. The number of nitrogens with one attached hydrogen (secondary N) is 1. The number of benzene rings is 1. The summed E-state index contributed by atoms with van der Waals surface area (Å²) in [6, 6.07) is 8.20. The first-order valence-electron chi connectivity index (χ1n) is 8.58. The molecule has 1 N–H and O–H groups in total. The molecule has 1 aliphatic carbocycles. The van der Waals surface area contributed by atoms with Gasteiger partial charge < -0.3 is 15.0 Å². The summed E-state index contributed by atoms with van der Waals surface area (Å²) >= 11 is 0. The normalized spacial score (nSPS) is 23.8. The van der Waals surface area contributed by atoms with E-state index in [0.29, 0.717) is 5.92 Å². The summed E-state index contributed by atoms with van der Waals surface area (Å²) in [5.41, 5.74) is 1.20. The maximum Gasteiger partial charge on any atom is 0.223 e. The van der Waals surface area contributed by atoms with Crippen LogP contribution in [0.4, 0.5) is 5.69 Å². The second-order valence-electron chi connectivity index (χ2n) is 6.53. The molecule has 1 fully saturated rings. The summed E-state index contributed by atoms with van der Waals surface area (Å²) in [5, 5.41) is 3.16. The number of hydrogen-bond donors (Lipinski definition) is 1. The summed E-state index contributed by atoms with van der Waals surface area (Å²) in [5.74, 6) is 1.83. The number of methoxy groups -OCH3 is 1. The van der Waals surface area contributed by atoms with Crippen LogP contribution in [0.5, 0.6) is 5.75 Å². The Balaban J connectivity index is 1.48. The molecule has 1 saturated heterocycles. The molecule has 124 valence electrons. The Morgan fingerprint density at radius 3 is 3.04 bits per heavy atom. The van der Waals surface area contributed by atoms with Crippen molar-refractivity contribution in [3.63, 3.8) is 0 Å². The van der Waals surface area contributed by atoms with Crippen molar-refractivity contribution >= 4 is 11.6 Å². The van der Waals surface area contributed by atoms with Gasteiger partial charge in [0.05, 0.1) is 7.11 Å². The fourth-order valence-electron chi connectivity index (χ4n) is 3.46. The smallest absolute Gasteiger partial charge is 0.223 e. The van der Waals surface area contributed by atoms with Gasteiger partial charge in [-0.3, -0.25) is 4.79 Å². The molecule has 0 unspecified atom stereocenters. The van der Waals surface area contributed by atoms with E-state index >= 15 is 0 Å². The molecule has 23 heavy (non-hydrogen) atoms. The predicted molar refractivity (Wildman–Crippen MR) is 92.8 cm³/mol. The van der Waals surface area contributed by atoms with E-state index in [1.54, 1.807) is 7.11 Å².